The molecular weight excluding hydrogens is 212 g/mol. The second-order valence-electron chi connectivity index (χ2n) is 4.12. The van der Waals surface area contributed by atoms with Crippen molar-refractivity contribution in [3.8, 4) is 6.07 Å². The number of carbonyl (C=O) groups is 1. The highest BCUT2D eigenvalue weighted by molar-refractivity contribution is 5.86. The lowest BCUT2D eigenvalue weighted by Gasteiger charge is -2.15. The normalized spacial score (nSPS) is 16.4. The van der Waals surface area contributed by atoms with Crippen molar-refractivity contribution >= 4 is 5.91 Å². The summed E-state index contributed by atoms with van der Waals surface area (Å²) in [5.41, 5.74) is 0.749. The number of hydrogen-bond acceptors (Lipinski definition) is 2. The van der Waals surface area contributed by atoms with Gasteiger partial charge in [0.1, 0.15) is 5.92 Å². The molecule has 3 heteroatoms. The number of rotatable bonds is 3. The Morgan fingerprint density at radius 1 is 1.29 bits per heavy atom. The first-order valence-corrected chi connectivity index (χ1v) is 5.71. The number of amides is 1. The predicted octanol–water partition coefficient (Wildman–Crippen LogP) is 2.13. The molecular formula is C14H14N2O. The minimum atomic E-state index is -0.711. The van der Waals surface area contributed by atoms with E-state index in [0.717, 1.165) is 18.4 Å². The van der Waals surface area contributed by atoms with Gasteiger partial charge in [-0.05, 0) is 18.4 Å². The van der Waals surface area contributed by atoms with Gasteiger partial charge in [-0.2, -0.15) is 5.26 Å². The molecule has 1 aromatic carbocycles. The molecule has 0 saturated heterocycles. The Morgan fingerprint density at radius 3 is 2.53 bits per heavy atom. The van der Waals surface area contributed by atoms with Crippen LogP contribution in [-0.2, 0) is 4.79 Å². The van der Waals surface area contributed by atoms with Gasteiger partial charge in [0, 0.05) is 6.04 Å². The third-order valence-electron chi connectivity index (χ3n) is 2.88. The number of nitrogens with one attached hydrogen (secondary N) is 1. The first-order valence-electron chi connectivity index (χ1n) is 5.71. The van der Waals surface area contributed by atoms with Crippen LogP contribution in [0.5, 0.6) is 0 Å². The Kier molecular flexibility index (Phi) is 3.56. The maximum absolute atomic E-state index is 12.0. The topological polar surface area (TPSA) is 52.9 Å². The molecule has 0 bridgehead atoms. The molecule has 17 heavy (non-hydrogen) atoms. The molecule has 0 aromatic heterocycles. The largest absolute Gasteiger partial charge is 0.351 e. The van der Waals surface area contributed by atoms with E-state index >= 15 is 0 Å². The van der Waals surface area contributed by atoms with Crippen molar-refractivity contribution in [1.82, 2.24) is 5.32 Å². The molecule has 0 fully saturated rings. The van der Waals surface area contributed by atoms with E-state index in [1.807, 2.05) is 18.2 Å². The number of nitriles is 1. The van der Waals surface area contributed by atoms with E-state index in [1.54, 1.807) is 12.1 Å². The summed E-state index contributed by atoms with van der Waals surface area (Å²) in [5.74, 6) is -0.913. The molecule has 0 saturated carbocycles. The van der Waals surface area contributed by atoms with E-state index in [0.29, 0.717) is 0 Å². The molecule has 0 spiro atoms. The molecule has 1 unspecified atom stereocenters. The fourth-order valence-corrected chi connectivity index (χ4v) is 1.95. The van der Waals surface area contributed by atoms with E-state index in [1.165, 1.54) is 0 Å². The van der Waals surface area contributed by atoms with Crippen molar-refractivity contribution in [1.29, 1.82) is 5.26 Å². The fourth-order valence-electron chi connectivity index (χ4n) is 1.95. The van der Waals surface area contributed by atoms with E-state index in [4.69, 9.17) is 5.26 Å². The van der Waals surface area contributed by atoms with Crippen LogP contribution in [0.15, 0.2) is 42.5 Å². The Bertz CT molecular complexity index is 451. The van der Waals surface area contributed by atoms with Crippen molar-refractivity contribution in [2.75, 3.05) is 0 Å². The first kappa shape index (κ1) is 11.4. The van der Waals surface area contributed by atoms with Crippen molar-refractivity contribution in [2.45, 2.75) is 24.8 Å². The van der Waals surface area contributed by atoms with Crippen LogP contribution in [0.4, 0.5) is 0 Å². The van der Waals surface area contributed by atoms with Gasteiger partial charge >= 0.3 is 0 Å². The molecule has 0 aliphatic heterocycles. The quantitative estimate of drug-likeness (QED) is 0.803. The van der Waals surface area contributed by atoms with E-state index in [2.05, 4.69) is 23.5 Å². The summed E-state index contributed by atoms with van der Waals surface area (Å²) in [5, 5.41) is 12.0. The average Bonchev–Trinajstić information content (AvgIpc) is 2.84. The van der Waals surface area contributed by atoms with Gasteiger partial charge in [0.15, 0.2) is 0 Å². The van der Waals surface area contributed by atoms with Crippen LogP contribution >= 0.6 is 0 Å². The smallest absolute Gasteiger partial charge is 0.242 e. The highest BCUT2D eigenvalue weighted by atomic mass is 16.1. The van der Waals surface area contributed by atoms with Crippen molar-refractivity contribution in [3.05, 3.63) is 48.0 Å². The zero-order chi connectivity index (χ0) is 12.1. The lowest BCUT2D eigenvalue weighted by Crippen LogP contribution is -2.36. The van der Waals surface area contributed by atoms with Crippen LogP contribution < -0.4 is 5.32 Å². The molecule has 1 aliphatic carbocycles. The Balaban J connectivity index is 2.04. The van der Waals surface area contributed by atoms with Gasteiger partial charge in [-0.1, -0.05) is 42.5 Å². The second-order valence-corrected chi connectivity index (χ2v) is 4.12. The molecule has 1 N–H and O–H groups in total. The summed E-state index contributed by atoms with van der Waals surface area (Å²) in [6, 6.07) is 11.4. The minimum Gasteiger partial charge on any atom is -0.351 e. The summed E-state index contributed by atoms with van der Waals surface area (Å²) < 4.78 is 0. The number of nitrogens with zero attached hydrogens (tertiary/aromatic N) is 1. The zero-order valence-electron chi connectivity index (χ0n) is 9.47. The van der Waals surface area contributed by atoms with Crippen LogP contribution in [0.2, 0.25) is 0 Å². The van der Waals surface area contributed by atoms with Crippen LogP contribution in [0.1, 0.15) is 24.3 Å². The highest BCUT2D eigenvalue weighted by Crippen LogP contribution is 2.16. The van der Waals surface area contributed by atoms with Gasteiger partial charge < -0.3 is 5.32 Å². The molecule has 1 aliphatic rings. The molecule has 0 heterocycles. The summed E-state index contributed by atoms with van der Waals surface area (Å²) in [6.07, 6.45) is 5.82. The standard InChI is InChI=1S/C14H14N2O/c15-10-13(11-6-2-1-3-7-11)14(17)16-12-8-4-5-9-12/h1-7,12-13H,8-9H2,(H,16,17). The van der Waals surface area contributed by atoms with Gasteiger partial charge in [0.05, 0.1) is 6.07 Å². The van der Waals surface area contributed by atoms with Gasteiger partial charge in [-0.25, -0.2) is 0 Å². The summed E-state index contributed by atoms with van der Waals surface area (Å²) in [4.78, 5) is 12.0. The molecule has 1 aromatic rings. The van der Waals surface area contributed by atoms with Crippen LogP contribution in [-0.4, -0.2) is 11.9 Å². The van der Waals surface area contributed by atoms with Crippen molar-refractivity contribution < 1.29 is 4.79 Å². The third kappa shape index (κ3) is 2.73. The monoisotopic (exact) mass is 226 g/mol. The van der Waals surface area contributed by atoms with Crippen molar-refractivity contribution in [3.63, 3.8) is 0 Å². The fraction of sp³-hybridized carbons (Fsp3) is 0.286. The van der Waals surface area contributed by atoms with Gasteiger partial charge in [0.25, 0.3) is 0 Å². The van der Waals surface area contributed by atoms with Crippen LogP contribution in [0, 0.1) is 11.3 Å². The molecule has 1 atom stereocenters. The van der Waals surface area contributed by atoms with E-state index in [9.17, 15) is 4.79 Å². The lowest BCUT2D eigenvalue weighted by molar-refractivity contribution is -0.122. The Labute approximate surface area is 101 Å². The maximum Gasteiger partial charge on any atom is 0.242 e. The predicted molar refractivity (Wildman–Crippen MR) is 65.1 cm³/mol. The Morgan fingerprint density at radius 2 is 1.94 bits per heavy atom. The van der Waals surface area contributed by atoms with Gasteiger partial charge in [0.2, 0.25) is 5.91 Å². The molecule has 86 valence electrons. The van der Waals surface area contributed by atoms with Gasteiger partial charge in [-0.3, -0.25) is 4.79 Å². The van der Waals surface area contributed by atoms with Gasteiger partial charge in [-0.15, -0.1) is 0 Å². The molecule has 2 rings (SSSR count). The molecule has 3 nitrogen and oxygen atoms in total. The Hall–Kier alpha value is -2.08. The van der Waals surface area contributed by atoms with E-state index in [-0.39, 0.29) is 11.9 Å². The average molecular weight is 226 g/mol. The summed E-state index contributed by atoms with van der Waals surface area (Å²) in [7, 11) is 0. The summed E-state index contributed by atoms with van der Waals surface area (Å²) >= 11 is 0. The summed E-state index contributed by atoms with van der Waals surface area (Å²) in [6.45, 7) is 0. The number of carbonyl (C=O) groups excluding carboxylic acids is 1. The molecule has 0 radical (unpaired) electrons. The zero-order valence-corrected chi connectivity index (χ0v) is 9.47. The van der Waals surface area contributed by atoms with Crippen LogP contribution in [0.3, 0.4) is 0 Å². The van der Waals surface area contributed by atoms with Crippen molar-refractivity contribution in [2.24, 2.45) is 0 Å². The van der Waals surface area contributed by atoms with E-state index < -0.39 is 5.92 Å². The second kappa shape index (κ2) is 5.31. The minimum absolute atomic E-state index is 0.155. The molecule has 1 amide bonds. The maximum atomic E-state index is 12.0. The lowest BCUT2D eigenvalue weighted by atomic mass is 9.99. The van der Waals surface area contributed by atoms with Crippen LogP contribution in [0.25, 0.3) is 0 Å². The highest BCUT2D eigenvalue weighted by Gasteiger charge is 2.22. The number of hydrogen-bond donors (Lipinski definition) is 1. The third-order valence-corrected chi connectivity index (χ3v) is 2.88. The first-order chi connectivity index (χ1) is 8.31. The number of benzene rings is 1. The SMILES string of the molecule is N#CC(C(=O)NC1CC=CC1)c1ccccc1.